The summed E-state index contributed by atoms with van der Waals surface area (Å²) >= 11 is 1.55. The molecule has 1 fully saturated rings. The first-order chi connectivity index (χ1) is 15.3. The molecule has 1 aromatic carbocycles. The van der Waals surface area contributed by atoms with Crippen LogP contribution < -0.4 is 11.0 Å². The molecule has 1 aliphatic rings. The molecule has 1 saturated carbocycles. The smallest absolute Gasteiger partial charge is 0.346 e. The summed E-state index contributed by atoms with van der Waals surface area (Å²) in [6.07, 6.45) is 2.10. The van der Waals surface area contributed by atoms with E-state index < -0.39 is 15.1 Å². The number of benzene rings is 1. The number of rotatable bonds is 9. The van der Waals surface area contributed by atoms with Crippen molar-refractivity contribution in [1.82, 2.24) is 19.7 Å². The largest absolute Gasteiger partial charge is 0.354 e. The lowest BCUT2D eigenvalue weighted by Gasteiger charge is -2.09. The Morgan fingerprint density at radius 2 is 1.94 bits per heavy atom. The second-order valence-electron chi connectivity index (χ2n) is 8.17. The number of nitrogens with zero attached hydrogens (tertiary/aromatic N) is 3. The highest BCUT2D eigenvalue weighted by atomic mass is 32.2. The fourth-order valence-electron chi connectivity index (χ4n) is 3.42. The number of hydrogen-bond donors (Lipinski definition) is 1. The van der Waals surface area contributed by atoms with Crippen molar-refractivity contribution >= 4 is 27.1 Å². The molecule has 2 aromatic heterocycles. The minimum Gasteiger partial charge on any atom is -0.354 e. The summed E-state index contributed by atoms with van der Waals surface area (Å²) in [4.78, 5) is 26.3. The summed E-state index contributed by atoms with van der Waals surface area (Å²) in [6, 6.07) is 10.5. The molecule has 0 bridgehead atoms. The van der Waals surface area contributed by atoms with Crippen LogP contribution in [0.15, 0.2) is 51.5 Å². The molecule has 2 heterocycles. The second-order valence-corrected chi connectivity index (χ2v) is 11.6. The van der Waals surface area contributed by atoms with Gasteiger partial charge in [0.25, 0.3) is 0 Å². The van der Waals surface area contributed by atoms with Crippen molar-refractivity contribution < 1.29 is 13.2 Å². The third-order valence-corrected chi connectivity index (χ3v) is 8.44. The molecule has 0 unspecified atom stereocenters. The van der Waals surface area contributed by atoms with E-state index in [9.17, 15) is 18.0 Å². The molecule has 0 atom stereocenters. The highest BCUT2D eigenvalue weighted by molar-refractivity contribution is 7.92. The summed E-state index contributed by atoms with van der Waals surface area (Å²) in [7, 11) is -3.33. The lowest BCUT2D eigenvalue weighted by molar-refractivity contribution is -0.120. The fraction of sp³-hybridized carbons (Fsp3) is 0.409. The lowest BCUT2D eigenvalue weighted by atomic mass is 10.1. The third kappa shape index (κ3) is 4.71. The van der Waals surface area contributed by atoms with Gasteiger partial charge in [0.1, 0.15) is 0 Å². The van der Waals surface area contributed by atoms with E-state index in [4.69, 9.17) is 0 Å². The number of amides is 1. The van der Waals surface area contributed by atoms with Gasteiger partial charge >= 0.3 is 5.69 Å². The number of nitrogens with one attached hydrogen (secondary N) is 1. The van der Waals surface area contributed by atoms with E-state index in [1.165, 1.54) is 16.8 Å². The second kappa shape index (κ2) is 9.03. The van der Waals surface area contributed by atoms with Gasteiger partial charge in [-0.2, -0.15) is 0 Å². The lowest BCUT2D eigenvalue weighted by Crippen LogP contribution is -2.32. The van der Waals surface area contributed by atoms with Crippen LogP contribution in [0.1, 0.15) is 38.3 Å². The molecule has 1 aliphatic carbocycles. The quantitative estimate of drug-likeness (QED) is 0.514. The minimum atomic E-state index is -3.33. The van der Waals surface area contributed by atoms with Crippen LogP contribution in [0, 0.1) is 0 Å². The summed E-state index contributed by atoms with van der Waals surface area (Å²) in [5.74, 6) is 0.493. The fourth-order valence-corrected chi connectivity index (χ4v) is 5.19. The normalized spacial score (nSPS) is 14.1. The van der Waals surface area contributed by atoms with Crippen LogP contribution in [0.4, 0.5) is 0 Å². The van der Waals surface area contributed by atoms with Crippen LogP contribution in [-0.4, -0.2) is 40.5 Å². The van der Waals surface area contributed by atoms with Gasteiger partial charge in [-0.05, 0) is 55.8 Å². The molecule has 10 heteroatoms. The van der Waals surface area contributed by atoms with E-state index in [-0.39, 0.29) is 42.0 Å². The number of hydrogen-bond acceptors (Lipinski definition) is 6. The molecule has 0 radical (unpaired) electrons. The maximum atomic E-state index is 12.8. The first-order valence-corrected chi connectivity index (χ1v) is 13.0. The van der Waals surface area contributed by atoms with Crippen molar-refractivity contribution in [2.24, 2.45) is 0 Å². The van der Waals surface area contributed by atoms with Crippen LogP contribution in [0.25, 0.3) is 10.7 Å². The maximum Gasteiger partial charge on any atom is 0.346 e. The molecular weight excluding hydrogens is 448 g/mol. The highest BCUT2D eigenvalue weighted by Gasteiger charge is 2.30. The summed E-state index contributed by atoms with van der Waals surface area (Å²) < 4.78 is 27.6. The van der Waals surface area contributed by atoms with Crippen molar-refractivity contribution in [2.75, 3.05) is 6.54 Å². The predicted molar refractivity (Wildman–Crippen MR) is 124 cm³/mol. The average molecular weight is 475 g/mol. The van der Waals surface area contributed by atoms with Gasteiger partial charge in [0.05, 0.1) is 28.0 Å². The van der Waals surface area contributed by atoms with Crippen LogP contribution in [-0.2, 0) is 27.6 Å². The molecule has 0 spiro atoms. The zero-order valence-corrected chi connectivity index (χ0v) is 19.7. The van der Waals surface area contributed by atoms with Crippen molar-refractivity contribution in [3.8, 4) is 10.7 Å². The van der Waals surface area contributed by atoms with E-state index in [0.717, 1.165) is 23.3 Å². The number of carbonyl (C=O) groups excluding carboxylic acids is 1. The topological polar surface area (TPSA) is 103 Å². The Hall–Kier alpha value is -2.72. The zero-order chi connectivity index (χ0) is 22.9. The Kier molecular flexibility index (Phi) is 6.34. The SMILES string of the molecule is CC(C)S(=O)(=O)c1ccc(CC(=O)NCCn2nc(-c3cccs3)n(C3CC3)c2=O)cc1. The predicted octanol–water partition coefficient (Wildman–Crippen LogP) is 2.65. The van der Waals surface area contributed by atoms with Crippen LogP contribution in [0.3, 0.4) is 0 Å². The van der Waals surface area contributed by atoms with Crippen LogP contribution >= 0.6 is 11.3 Å². The molecule has 3 aromatic rings. The minimum absolute atomic E-state index is 0.133. The first-order valence-electron chi connectivity index (χ1n) is 10.6. The van der Waals surface area contributed by atoms with Crippen molar-refractivity contribution in [3.63, 3.8) is 0 Å². The molecule has 1 N–H and O–H groups in total. The summed E-state index contributed by atoms with van der Waals surface area (Å²) in [6.45, 7) is 3.84. The van der Waals surface area contributed by atoms with Crippen molar-refractivity contribution in [2.45, 2.75) is 55.8 Å². The summed E-state index contributed by atoms with van der Waals surface area (Å²) in [5, 5.41) is 8.79. The van der Waals surface area contributed by atoms with Crippen LogP contribution in [0.2, 0.25) is 0 Å². The van der Waals surface area contributed by atoms with Crippen molar-refractivity contribution in [3.05, 3.63) is 57.8 Å². The Bertz CT molecular complexity index is 1250. The van der Waals surface area contributed by atoms with Gasteiger partial charge in [0.15, 0.2) is 15.7 Å². The molecule has 4 rings (SSSR count). The van der Waals surface area contributed by atoms with E-state index in [0.29, 0.717) is 5.82 Å². The average Bonchev–Trinajstić information content (AvgIpc) is 3.33. The Balaban J connectivity index is 1.36. The number of carbonyl (C=O) groups is 1. The van der Waals surface area contributed by atoms with Crippen LogP contribution in [0.5, 0.6) is 0 Å². The standard InChI is InChI=1S/C22H26N4O4S2/c1-15(2)32(29,30)18-9-5-16(6-10-18)14-20(27)23-11-12-25-22(28)26(17-7-8-17)21(24-25)19-4-3-13-31-19/h3-6,9-10,13,15,17H,7-8,11-12,14H2,1-2H3,(H,23,27). The molecule has 0 aliphatic heterocycles. The molecule has 8 nitrogen and oxygen atoms in total. The Morgan fingerprint density at radius 1 is 1.22 bits per heavy atom. The number of thiophene rings is 1. The van der Waals surface area contributed by atoms with Gasteiger partial charge in [-0.3, -0.25) is 9.36 Å². The van der Waals surface area contributed by atoms with E-state index in [1.54, 1.807) is 41.9 Å². The molecule has 0 saturated heterocycles. The van der Waals surface area contributed by atoms with Gasteiger partial charge in [-0.15, -0.1) is 16.4 Å². The highest BCUT2D eigenvalue weighted by Crippen LogP contribution is 2.37. The molecule has 1 amide bonds. The van der Waals surface area contributed by atoms with E-state index in [2.05, 4.69) is 10.4 Å². The Morgan fingerprint density at radius 3 is 2.53 bits per heavy atom. The van der Waals surface area contributed by atoms with Crippen molar-refractivity contribution in [1.29, 1.82) is 0 Å². The van der Waals surface area contributed by atoms with Gasteiger partial charge < -0.3 is 5.32 Å². The zero-order valence-electron chi connectivity index (χ0n) is 18.0. The number of sulfone groups is 1. The molecule has 32 heavy (non-hydrogen) atoms. The van der Waals surface area contributed by atoms with E-state index in [1.807, 2.05) is 17.5 Å². The summed E-state index contributed by atoms with van der Waals surface area (Å²) in [5.41, 5.74) is 0.576. The first kappa shape index (κ1) is 22.5. The van der Waals surface area contributed by atoms with Gasteiger partial charge in [0, 0.05) is 12.6 Å². The number of aromatic nitrogens is 3. The maximum absolute atomic E-state index is 12.8. The molecular formula is C22H26N4O4S2. The monoisotopic (exact) mass is 474 g/mol. The van der Waals surface area contributed by atoms with E-state index >= 15 is 0 Å². The third-order valence-electron chi connectivity index (χ3n) is 5.41. The van der Waals surface area contributed by atoms with Gasteiger partial charge in [0.2, 0.25) is 5.91 Å². The Labute approximate surface area is 190 Å². The molecule has 170 valence electrons. The van der Waals surface area contributed by atoms with Gasteiger partial charge in [-0.25, -0.2) is 17.9 Å². The van der Waals surface area contributed by atoms with Gasteiger partial charge in [-0.1, -0.05) is 18.2 Å².